The van der Waals surface area contributed by atoms with Crippen molar-refractivity contribution in [1.29, 1.82) is 0 Å². The molecule has 3 aliphatic rings. The standard InChI is InChI=1S/C32H41N3O6/c1-6-31-17-18-32(41-31)25(24(31)27(37)33-21-13-15-22(16-14-21)40-7-2)29(39)35(26(32)28(38)34-30(3,4)5)23(19-36)20-11-9-8-10-12-20/h8-16,23-26,36H,6-7,17-19H2,1-5H3,(H,33,37)(H,34,38)/t23-,24-,25+,26?,31+,32?/m1/s1. The normalized spacial score (nSPS) is 29.3. The maximum Gasteiger partial charge on any atom is 0.246 e. The Morgan fingerprint density at radius 1 is 1.07 bits per heavy atom. The van der Waals surface area contributed by atoms with Gasteiger partial charge in [-0.05, 0) is 76.8 Å². The second-order valence-electron chi connectivity index (χ2n) is 12.4. The molecule has 3 amide bonds. The van der Waals surface area contributed by atoms with Crippen LogP contribution in [0.5, 0.6) is 5.75 Å². The zero-order valence-corrected chi connectivity index (χ0v) is 24.5. The van der Waals surface area contributed by atoms with Crippen molar-refractivity contribution in [3.8, 4) is 5.75 Å². The molecule has 3 saturated heterocycles. The average Bonchev–Trinajstić information content (AvgIpc) is 3.54. The molecule has 3 heterocycles. The Balaban J connectivity index is 1.56. The molecular weight excluding hydrogens is 522 g/mol. The van der Waals surface area contributed by atoms with Gasteiger partial charge in [-0.15, -0.1) is 0 Å². The molecule has 9 heteroatoms. The van der Waals surface area contributed by atoms with Gasteiger partial charge in [0.05, 0.1) is 36.7 Å². The lowest BCUT2D eigenvalue weighted by molar-refractivity contribution is -0.151. The van der Waals surface area contributed by atoms with E-state index in [2.05, 4.69) is 10.6 Å². The fraction of sp³-hybridized carbons (Fsp3) is 0.531. The summed E-state index contributed by atoms with van der Waals surface area (Å²) in [5.41, 5.74) is -1.33. The van der Waals surface area contributed by atoms with Gasteiger partial charge in [0, 0.05) is 11.2 Å². The lowest BCUT2D eigenvalue weighted by atomic mass is 9.65. The van der Waals surface area contributed by atoms with Crippen LogP contribution >= 0.6 is 0 Å². The minimum absolute atomic E-state index is 0.312. The number of carbonyl (C=O) groups is 3. The number of rotatable bonds is 9. The number of aliphatic hydroxyl groups is 1. The van der Waals surface area contributed by atoms with Crippen LogP contribution in [0.3, 0.4) is 0 Å². The summed E-state index contributed by atoms with van der Waals surface area (Å²) in [6.45, 7) is 9.68. The van der Waals surface area contributed by atoms with Crippen molar-refractivity contribution in [1.82, 2.24) is 10.2 Å². The van der Waals surface area contributed by atoms with Crippen molar-refractivity contribution in [2.45, 2.75) is 82.7 Å². The monoisotopic (exact) mass is 563 g/mol. The quantitative estimate of drug-likeness (QED) is 0.427. The summed E-state index contributed by atoms with van der Waals surface area (Å²) in [4.78, 5) is 44.1. The highest BCUT2D eigenvalue weighted by Gasteiger charge is 2.79. The van der Waals surface area contributed by atoms with Crippen molar-refractivity contribution >= 4 is 23.4 Å². The third kappa shape index (κ3) is 4.89. The molecule has 2 bridgehead atoms. The molecule has 3 N–H and O–H groups in total. The molecule has 220 valence electrons. The molecule has 41 heavy (non-hydrogen) atoms. The number of nitrogens with zero attached hydrogens (tertiary/aromatic N) is 1. The van der Waals surface area contributed by atoms with E-state index in [4.69, 9.17) is 9.47 Å². The first-order valence-corrected chi connectivity index (χ1v) is 14.5. The summed E-state index contributed by atoms with van der Waals surface area (Å²) in [6, 6.07) is 14.5. The van der Waals surface area contributed by atoms with Gasteiger partial charge in [-0.2, -0.15) is 0 Å². The number of anilines is 1. The van der Waals surface area contributed by atoms with Crippen LogP contribution in [-0.4, -0.2) is 63.7 Å². The smallest absolute Gasteiger partial charge is 0.246 e. The predicted octanol–water partition coefficient (Wildman–Crippen LogP) is 3.83. The van der Waals surface area contributed by atoms with Crippen LogP contribution in [0.2, 0.25) is 0 Å². The van der Waals surface area contributed by atoms with Gasteiger partial charge >= 0.3 is 0 Å². The van der Waals surface area contributed by atoms with Crippen LogP contribution in [0.25, 0.3) is 0 Å². The molecule has 0 radical (unpaired) electrons. The van der Waals surface area contributed by atoms with Gasteiger partial charge in [0.2, 0.25) is 17.7 Å². The molecule has 5 rings (SSSR count). The van der Waals surface area contributed by atoms with Crippen LogP contribution in [0.4, 0.5) is 5.69 Å². The molecular formula is C32H41N3O6. The highest BCUT2D eigenvalue weighted by molar-refractivity contribution is 6.02. The van der Waals surface area contributed by atoms with Crippen LogP contribution in [0, 0.1) is 11.8 Å². The topological polar surface area (TPSA) is 117 Å². The number of hydrogen-bond acceptors (Lipinski definition) is 6. The summed E-state index contributed by atoms with van der Waals surface area (Å²) in [5, 5.41) is 16.7. The molecule has 2 aromatic carbocycles. The molecule has 0 aliphatic carbocycles. The van der Waals surface area contributed by atoms with E-state index in [1.54, 1.807) is 24.3 Å². The number of benzene rings is 2. The first kappa shape index (κ1) is 29.1. The Bertz CT molecular complexity index is 1290. The fourth-order valence-corrected chi connectivity index (χ4v) is 7.18. The van der Waals surface area contributed by atoms with Crippen molar-refractivity contribution in [2.24, 2.45) is 11.8 Å². The van der Waals surface area contributed by atoms with Crippen LogP contribution < -0.4 is 15.4 Å². The fourth-order valence-electron chi connectivity index (χ4n) is 7.18. The van der Waals surface area contributed by atoms with E-state index in [-0.39, 0.29) is 24.3 Å². The Hall–Kier alpha value is -3.43. The second kappa shape index (κ2) is 10.8. The Morgan fingerprint density at radius 3 is 2.34 bits per heavy atom. The third-order valence-corrected chi connectivity index (χ3v) is 8.77. The number of hydrogen-bond donors (Lipinski definition) is 3. The number of fused-ring (bicyclic) bond motifs is 1. The highest BCUT2D eigenvalue weighted by Crippen LogP contribution is 2.65. The lowest BCUT2D eigenvalue weighted by Gasteiger charge is -2.38. The van der Waals surface area contributed by atoms with E-state index in [9.17, 15) is 19.5 Å². The molecule has 9 nitrogen and oxygen atoms in total. The third-order valence-electron chi connectivity index (χ3n) is 8.77. The average molecular weight is 564 g/mol. The highest BCUT2D eigenvalue weighted by atomic mass is 16.5. The summed E-state index contributed by atoms with van der Waals surface area (Å²) in [5.74, 6) is -1.97. The van der Waals surface area contributed by atoms with Gasteiger partial charge in [0.15, 0.2) is 0 Å². The predicted molar refractivity (Wildman–Crippen MR) is 154 cm³/mol. The summed E-state index contributed by atoms with van der Waals surface area (Å²) in [6.07, 6.45) is 1.54. The summed E-state index contributed by atoms with van der Waals surface area (Å²) in [7, 11) is 0. The van der Waals surface area contributed by atoms with Gasteiger partial charge in [-0.25, -0.2) is 0 Å². The number of likely N-dealkylation sites (tertiary alicyclic amines) is 1. The maximum absolute atomic E-state index is 14.5. The second-order valence-corrected chi connectivity index (χ2v) is 12.4. The van der Waals surface area contributed by atoms with Crippen molar-refractivity contribution < 1.29 is 29.0 Å². The first-order chi connectivity index (χ1) is 19.5. The number of amides is 3. The van der Waals surface area contributed by atoms with Crippen LogP contribution in [-0.2, 0) is 19.1 Å². The van der Waals surface area contributed by atoms with Crippen LogP contribution in [0.1, 0.15) is 65.5 Å². The van der Waals surface area contributed by atoms with Crippen LogP contribution in [0.15, 0.2) is 54.6 Å². The zero-order chi connectivity index (χ0) is 29.6. The number of aliphatic hydroxyl groups excluding tert-OH is 1. The zero-order valence-electron chi connectivity index (χ0n) is 24.5. The summed E-state index contributed by atoms with van der Waals surface area (Å²) >= 11 is 0. The van der Waals surface area contributed by atoms with Crippen molar-refractivity contribution in [3.05, 3.63) is 60.2 Å². The maximum atomic E-state index is 14.5. The van der Waals surface area contributed by atoms with E-state index >= 15 is 0 Å². The SMILES string of the molecule is CCOc1ccc(NC(=O)[C@H]2[C@H]3C(=O)N([C@H](CO)c4ccccc4)C(C(=O)NC(C)(C)C)C34CC[C@]2(CC)O4)cc1. The lowest BCUT2D eigenvalue weighted by Crippen LogP contribution is -2.59. The first-order valence-electron chi connectivity index (χ1n) is 14.5. The largest absolute Gasteiger partial charge is 0.494 e. The van der Waals surface area contributed by atoms with Crippen molar-refractivity contribution in [3.63, 3.8) is 0 Å². The molecule has 0 aromatic heterocycles. The Morgan fingerprint density at radius 2 is 1.76 bits per heavy atom. The van der Waals surface area contributed by atoms with E-state index in [1.165, 1.54) is 4.90 Å². The van der Waals surface area contributed by atoms with E-state index in [1.807, 2.05) is 65.0 Å². The minimum atomic E-state index is -1.19. The number of nitrogens with one attached hydrogen (secondary N) is 2. The minimum Gasteiger partial charge on any atom is -0.494 e. The van der Waals surface area contributed by atoms with Gasteiger partial charge in [-0.3, -0.25) is 14.4 Å². The van der Waals surface area contributed by atoms with Crippen molar-refractivity contribution in [2.75, 3.05) is 18.5 Å². The van der Waals surface area contributed by atoms with Gasteiger partial charge in [0.1, 0.15) is 17.4 Å². The Labute approximate surface area is 241 Å². The van der Waals surface area contributed by atoms with E-state index < -0.39 is 40.7 Å². The molecule has 2 unspecified atom stereocenters. The number of carbonyl (C=O) groups excluding carboxylic acids is 3. The molecule has 3 fully saturated rings. The molecule has 6 atom stereocenters. The molecule has 3 aliphatic heterocycles. The number of ether oxygens (including phenoxy) is 2. The molecule has 1 spiro atoms. The molecule has 2 aromatic rings. The Kier molecular flexibility index (Phi) is 7.63. The molecule has 0 saturated carbocycles. The van der Waals surface area contributed by atoms with Gasteiger partial charge < -0.3 is 30.1 Å². The van der Waals surface area contributed by atoms with E-state index in [0.29, 0.717) is 42.9 Å². The summed E-state index contributed by atoms with van der Waals surface area (Å²) < 4.78 is 12.4. The van der Waals surface area contributed by atoms with Gasteiger partial charge in [0.25, 0.3) is 0 Å². The van der Waals surface area contributed by atoms with Gasteiger partial charge in [-0.1, -0.05) is 37.3 Å². The van der Waals surface area contributed by atoms with E-state index in [0.717, 1.165) is 0 Å².